The molecule has 2 aliphatic carbocycles. The van der Waals surface area contributed by atoms with Crippen LogP contribution in [-0.4, -0.2) is 40.3 Å². The van der Waals surface area contributed by atoms with Crippen molar-refractivity contribution in [1.82, 2.24) is 5.32 Å². The lowest BCUT2D eigenvalue weighted by atomic mass is 9.51. The fourth-order valence-corrected chi connectivity index (χ4v) is 4.83. The van der Waals surface area contributed by atoms with Gasteiger partial charge < -0.3 is 20.3 Å². The number of carbonyl (C=O) groups excluding carboxylic acids is 1. The summed E-state index contributed by atoms with van der Waals surface area (Å²) in [6.07, 6.45) is 3.60. The van der Waals surface area contributed by atoms with Crippen molar-refractivity contribution in [3.05, 3.63) is 35.4 Å². The molecule has 21 heavy (non-hydrogen) atoms. The van der Waals surface area contributed by atoms with Crippen molar-refractivity contribution in [2.24, 2.45) is 0 Å². The number of carbonyl (C=O) groups is 1. The maximum absolute atomic E-state index is 12.3. The van der Waals surface area contributed by atoms with E-state index >= 15 is 0 Å². The molecule has 5 heteroatoms. The van der Waals surface area contributed by atoms with Gasteiger partial charge in [0.1, 0.15) is 5.60 Å². The third-order valence-corrected chi connectivity index (χ3v) is 5.69. The Morgan fingerprint density at radius 2 is 2.24 bits per heavy atom. The zero-order chi connectivity index (χ0) is 14.4. The first-order valence-corrected chi connectivity index (χ1v) is 7.29. The van der Waals surface area contributed by atoms with E-state index in [9.17, 15) is 15.0 Å². The van der Waals surface area contributed by atoms with Crippen LogP contribution in [0.1, 0.15) is 17.5 Å². The Labute approximate surface area is 121 Å². The molecule has 1 aromatic carbocycles. The van der Waals surface area contributed by atoms with Crippen LogP contribution in [0.2, 0.25) is 0 Å². The van der Waals surface area contributed by atoms with E-state index in [1.54, 1.807) is 12.1 Å². The zero-order valence-corrected chi connectivity index (χ0v) is 11.3. The van der Waals surface area contributed by atoms with E-state index in [4.69, 9.17) is 4.74 Å². The van der Waals surface area contributed by atoms with Gasteiger partial charge in [0.25, 0.3) is 0 Å². The minimum Gasteiger partial charge on any atom is -0.504 e. The van der Waals surface area contributed by atoms with E-state index < -0.39 is 17.1 Å². The monoisotopic (exact) mass is 285 g/mol. The summed E-state index contributed by atoms with van der Waals surface area (Å²) >= 11 is 0. The second-order valence-electron chi connectivity index (χ2n) is 6.44. The molecule has 1 aromatic rings. The Morgan fingerprint density at radius 1 is 1.38 bits per heavy atom. The smallest absolute Gasteiger partial charge is 0.196 e. The summed E-state index contributed by atoms with van der Waals surface area (Å²) < 4.78 is 5.85. The molecule has 4 atom stereocenters. The van der Waals surface area contributed by atoms with Crippen LogP contribution in [0.3, 0.4) is 0 Å². The highest BCUT2D eigenvalue weighted by atomic mass is 16.5. The molecular weight excluding hydrogens is 270 g/mol. The second kappa shape index (κ2) is 3.31. The lowest BCUT2D eigenvalue weighted by Crippen LogP contribution is -2.74. The molecule has 1 saturated heterocycles. The number of phenolic OH excluding ortho intramolecular Hbond substituents is 1. The molecule has 1 fully saturated rings. The Bertz CT molecular complexity index is 727. The Balaban J connectivity index is 1.93. The molecule has 1 unspecified atom stereocenters. The highest BCUT2D eigenvalue weighted by Gasteiger charge is 2.70. The number of nitrogens with one attached hydrogen (secondary N) is 1. The fraction of sp³-hybridized carbons (Fsp3) is 0.438. The van der Waals surface area contributed by atoms with Crippen LogP contribution in [0, 0.1) is 0 Å². The number of benzene rings is 1. The number of rotatable bonds is 0. The minimum atomic E-state index is -1.14. The second-order valence-corrected chi connectivity index (χ2v) is 6.44. The summed E-state index contributed by atoms with van der Waals surface area (Å²) in [7, 11) is 0. The summed E-state index contributed by atoms with van der Waals surface area (Å²) in [6.45, 7) is 0.725. The first-order chi connectivity index (χ1) is 10.1. The number of phenols is 1. The van der Waals surface area contributed by atoms with Crippen LogP contribution >= 0.6 is 0 Å². The molecule has 0 saturated carbocycles. The highest BCUT2D eigenvalue weighted by Crippen LogP contribution is 2.62. The van der Waals surface area contributed by atoms with Gasteiger partial charge in [-0.3, -0.25) is 4.79 Å². The third-order valence-electron chi connectivity index (χ3n) is 5.69. The van der Waals surface area contributed by atoms with Crippen molar-refractivity contribution in [2.75, 3.05) is 6.54 Å². The average Bonchev–Trinajstić information content (AvgIpc) is 2.80. The molecule has 108 valence electrons. The first kappa shape index (κ1) is 11.8. The lowest BCUT2D eigenvalue weighted by Gasteiger charge is -2.57. The van der Waals surface area contributed by atoms with Crippen molar-refractivity contribution < 1.29 is 19.7 Å². The van der Waals surface area contributed by atoms with Crippen molar-refractivity contribution in [2.45, 2.75) is 36.0 Å². The van der Waals surface area contributed by atoms with E-state index in [1.165, 1.54) is 6.08 Å². The van der Waals surface area contributed by atoms with Gasteiger partial charge in [-0.05, 0) is 43.2 Å². The van der Waals surface area contributed by atoms with Crippen LogP contribution < -0.4 is 10.1 Å². The number of piperidine rings is 1. The number of ketones is 1. The Hall–Kier alpha value is -1.85. The minimum absolute atomic E-state index is 0.0460. The van der Waals surface area contributed by atoms with E-state index in [-0.39, 0.29) is 17.6 Å². The number of aliphatic hydroxyl groups is 1. The number of hydrogen-bond donors (Lipinski definition) is 3. The van der Waals surface area contributed by atoms with Gasteiger partial charge in [-0.25, -0.2) is 0 Å². The molecule has 5 rings (SSSR count). The molecular formula is C16H15NO4. The summed E-state index contributed by atoms with van der Waals surface area (Å²) in [5.74, 6) is 0.293. The maximum Gasteiger partial charge on any atom is 0.196 e. The molecule has 4 aliphatic rings. The van der Waals surface area contributed by atoms with Crippen molar-refractivity contribution in [1.29, 1.82) is 0 Å². The van der Waals surface area contributed by atoms with Crippen LogP contribution in [0.25, 0.3) is 0 Å². The Morgan fingerprint density at radius 3 is 3.10 bits per heavy atom. The van der Waals surface area contributed by atoms with Crippen LogP contribution in [-0.2, 0) is 16.6 Å². The van der Waals surface area contributed by atoms with Crippen molar-refractivity contribution >= 4 is 5.78 Å². The maximum atomic E-state index is 12.3. The number of hydrogen-bond acceptors (Lipinski definition) is 5. The topological polar surface area (TPSA) is 78.8 Å². The van der Waals surface area contributed by atoms with Gasteiger partial charge in [-0.15, -0.1) is 0 Å². The molecule has 0 radical (unpaired) electrons. The number of ether oxygens (including phenoxy) is 1. The fourth-order valence-electron chi connectivity index (χ4n) is 4.83. The standard InChI is InChI=1S/C16H15NO4/c18-9-2-1-8-7-11-16(20)4-3-10(19)14-15(16,5-6-17-11)12(8)13(9)21-14/h1-4,11,14,17-18,20H,5-7H2/t11?,14-,15-,16+/m0/s1. The molecule has 0 aromatic heterocycles. The van der Waals surface area contributed by atoms with Crippen LogP contribution in [0.15, 0.2) is 24.3 Å². The normalized spacial score (nSPS) is 41.7. The molecule has 1 spiro atoms. The van der Waals surface area contributed by atoms with Gasteiger partial charge >= 0.3 is 0 Å². The summed E-state index contributed by atoms with van der Waals surface area (Å²) in [5.41, 5.74) is -0.0209. The first-order valence-electron chi connectivity index (χ1n) is 7.29. The average molecular weight is 285 g/mol. The highest BCUT2D eigenvalue weighted by molar-refractivity contribution is 5.99. The zero-order valence-electron chi connectivity index (χ0n) is 11.3. The van der Waals surface area contributed by atoms with E-state index in [0.29, 0.717) is 18.6 Å². The molecule has 3 N–H and O–H groups in total. The predicted octanol–water partition coefficient (Wildman–Crippen LogP) is 0.179. The van der Waals surface area contributed by atoms with Gasteiger partial charge in [-0.1, -0.05) is 6.07 Å². The van der Waals surface area contributed by atoms with Gasteiger partial charge in [0, 0.05) is 11.6 Å². The van der Waals surface area contributed by atoms with Crippen LogP contribution in [0.5, 0.6) is 11.5 Å². The van der Waals surface area contributed by atoms with Crippen LogP contribution in [0.4, 0.5) is 0 Å². The SMILES string of the molecule is O=C1C=C[C@@]2(O)C3Cc4ccc(O)c5c4[C@@]2(CCN3)[C@H]1O5. The lowest BCUT2D eigenvalue weighted by molar-refractivity contribution is -0.139. The molecule has 5 nitrogen and oxygen atoms in total. The molecule has 0 amide bonds. The van der Waals surface area contributed by atoms with Gasteiger partial charge in [0.05, 0.1) is 5.41 Å². The summed E-state index contributed by atoms with van der Waals surface area (Å²) in [5, 5.41) is 24.8. The predicted molar refractivity (Wildman–Crippen MR) is 73.4 cm³/mol. The van der Waals surface area contributed by atoms with Gasteiger partial charge in [0.2, 0.25) is 0 Å². The summed E-state index contributed by atoms with van der Waals surface area (Å²) in [6, 6.07) is 3.36. The largest absolute Gasteiger partial charge is 0.504 e. The van der Waals surface area contributed by atoms with Gasteiger partial charge in [-0.2, -0.15) is 0 Å². The van der Waals surface area contributed by atoms with E-state index in [2.05, 4.69) is 5.32 Å². The molecule has 2 aliphatic heterocycles. The quantitative estimate of drug-likeness (QED) is 0.634. The third kappa shape index (κ3) is 1.05. The molecule has 2 heterocycles. The van der Waals surface area contributed by atoms with Crippen molar-refractivity contribution in [3.8, 4) is 11.5 Å². The van der Waals surface area contributed by atoms with Crippen molar-refractivity contribution in [3.63, 3.8) is 0 Å². The Kier molecular flexibility index (Phi) is 1.86. The van der Waals surface area contributed by atoms with Gasteiger partial charge in [0.15, 0.2) is 23.4 Å². The summed E-state index contributed by atoms with van der Waals surface area (Å²) in [4.78, 5) is 12.3. The molecule has 2 bridgehead atoms. The van der Waals surface area contributed by atoms with E-state index in [1.807, 2.05) is 6.07 Å². The number of aromatic hydroxyl groups is 1. The van der Waals surface area contributed by atoms with E-state index in [0.717, 1.165) is 17.7 Å².